The Kier molecular flexibility index (Phi) is 2.56. The summed E-state index contributed by atoms with van der Waals surface area (Å²) in [6, 6.07) is 0. The molecule has 3 N–H and O–H groups in total. The number of aliphatic hydroxyl groups is 3. The summed E-state index contributed by atoms with van der Waals surface area (Å²) in [6.07, 6.45) is -3.56. The van der Waals surface area contributed by atoms with Gasteiger partial charge in [-0.15, -0.1) is 0 Å². The second-order valence-electron chi connectivity index (χ2n) is 2.42. The molecule has 0 aromatic heterocycles. The van der Waals surface area contributed by atoms with Crippen LogP contribution in [0.5, 0.6) is 0 Å². The molecule has 0 aliphatic carbocycles. The van der Waals surface area contributed by atoms with Crippen LogP contribution in [0.15, 0.2) is 0 Å². The zero-order valence-corrected chi connectivity index (χ0v) is 5.80. The highest BCUT2D eigenvalue weighted by Crippen LogP contribution is 2.09. The molecule has 0 saturated carbocycles. The first-order valence-corrected chi connectivity index (χ1v) is 3.29. The van der Waals surface area contributed by atoms with E-state index in [4.69, 9.17) is 20.1 Å². The third-order valence-electron chi connectivity index (χ3n) is 1.61. The largest absolute Gasteiger partial charge is 0.393 e. The van der Waals surface area contributed by atoms with E-state index >= 15 is 0 Å². The zero-order chi connectivity index (χ0) is 8.43. The Bertz CT molecular complexity index is 153. The first-order valence-electron chi connectivity index (χ1n) is 3.29. The van der Waals surface area contributed by atoms with Gasteiger partial charge in [-0.05, 0) is 0 Å². The van der Waals surface area contributed by atoms with E-state index in [0.29, 0.717) is 0 Å². The summed E-state index contributed by atoms with van der Waals surface area (Å²) >= 11 is 0. The number of hydrogen-bond donors (Lipinski definition) is 3. The lowest BCUT2D eigenvalue weighted by Crippen LogP contribution is -2.50. The van der Waals surface area contributed by atoms with Gasteiger partial charge < -0.3 is 20.1 Å². The van der Waals surface area contributed by atoms with Crippen LogP contribution in [0.1, 0.15) is 0 Å². The van der Waals surface area contributed by atoms with E-state index in [1.54, 1.807) is 0 Å². The molecule has 0 aromatic carbocycles. The molecule has 3 atom stereocenters. The Hall–Kier alpha value is -0.490. The number of ether oxygens (including phenoxy) is 1. The van der Waals surface area contributed by atoms with Crippen LogP contribution in [0.3, 0.4) is 0 Å². The van der Waals surface area contributed by atoms with Gasteiger partial charge in [-0.25, -0.2) is 0 Å². The molecule has 0 amide bonds. The minimum atomic E-state index is -1.42. The Morgan fingerprint density at radius 2 is 2.18 bits per heavy atom. The minimum absolute atomic E-state index is 0.113. The lowest BCUT2D eigenvalue weighted by Gasteiger charge is -2.27. The molecule has 1 saturated heterocycles. The normalized spacial score (nSPS) is 39.2. The summed E-state index contributed by atoms with van der Waals surface area (Å²) in [5.41, 5.74) is 0. The number of carbonyl (C=O) groups is 1. The van der Waals surface area contributed by atoms with E-state index in [2.05, 4.69) is 0 Å². The summed E-state index contributed by atoms with van der Waals surface area (Å²) in [6.45, 7) is -0.569. The van der Waals surface area contributed by atoms with Crippen molar-refractivity contribution in [3.05, 3.63) is 0 Å². The van der Waals surface area contributed by atoms with Crippen LogP contribution in [-0.4, -0.2) is 52.6 Å². The van der Waals surface area contributed by atoms with Crippen molar-refractivity contribution in [1.82, 2.24) is 0 Å². The van der Waals surface area contributed by atoms with Gasteiger partial charge >= 0.3 is 0 Å². The van der Waals surface area contributed by atoms with E-state index < -0.39 is 30.7 Å². The first-order chi connectivity index (χ1) is 5.16. The molecule has 1 heterocycles. The summed E-state index contributed by atoms with van der Waals surface area (Å²) in [7, 11) is 0. The molecular weight excluding hydrogens is 152 g/mol. The van der Waals surface area contributed by atoms with Crippen molar-refractivity contribution >= 4 is 5.78 Å². The van der Waals surface area contributed by atoms with Gasteiger partial charge in [-0.2, -0.15) is 0 Å². The fraction of sp³-hybridized carbons (Fsp3) is 0.833. The second-order valence-corrected chi connectivity index (χ2v) is 2.42. The molecule has 1 fully saturated rings. The van der Waals surface area contributed by atoms with Gasteiger partial charge in [-0.1, -0.05) is 0 Å². The zero-order valence-electron chi connectivity index (χ0n) is 5.80. The van der Waals surface area contributed by atoms with Gasteiger partial charge in [0.2, 0.25) is 0 Å². The quantitative estimate of drug-likeness (QED) is 0.402. The summed E-state index contributed by atoms with van der Waals surface area (Å²) in [5.74, 6) is -0.661. The van der Waals surface area contributed by atoms with Crippen molar-refractivity contribution in [1.29, 1.82) is 0 Å². The second kappa shape index (κ2) is 3.27. The van der Waals surface area contributed by atoms with Crippen LogP contribution in [-0.2, 0) is 9.53 Å². The van der Waals surface area contributed by atoms with Gasteiger partial charge in [0.15, 0.2) is 5.78 Å². The fourth-order valence-electron chi connectivity index (χ4n) is 0.911. The predicted molar refractivity (Wildman–Crippen MR) is 33.8 cm³/mol. The SMILES string of the molecule is O=C1[C@@H](CO)OC[C@@H](O)[C@H]1O. The van der Waals surface area contributed by atoms with Gasteiger partial charge in [0.05, 0.1) is 13.2 Å². The molecule has 0 aromatic rings. The lowest BCUT2D eigenvalue weighted by molar-refractivity contribution is -0.167. The van der Waals surface area contributed by atoms with E-state index in [-0.39, 0.29) is 6.61 Å². The van der Waals surface area contributed by atoms with Gasteiger partial charge in [0, 0.05) is 0 Å². The van der Waals surface area contributed by atoms with Crippen LogP contribution in [0.2, 0.25) is 0 Å². The van der Waals surface area contributed by atoms with Crippen molar-refractivity contribution in [2.45, 2.75) is 18.3 Å². The number of Topliss-reactive ketones (excluding diaryl/α,β-unsaturated/α-hetero) is 1. The number of ketones is 1. The first kappa shape index (κ1) is 8.61. The molecule has 1 rings (SSSR count). The van der Waals surface area contributed by atoms with E-state index in [0.717, 1.165) is 0 Å². The van der Waals surface area contributed by atoms with E-state index in [1.807, 2.05) is 0 Å². The smallest absolute Gasteiger partial charge is 0.194 e. The molecule has 0 spiro atoms. The third-order valence-corrected chi connectivity index (χ3v) is 1.61. The molecule has 5 nitrogen and oxygen atoms in total. The van der Waals surface area contributed by atoms with Gasteiger partial charge in [0.25, 0.3) is 0 Å². The topological polar surface area (TPSA) is 87.0 Å². The molecule has 1 aliphatic heterocycles. The highest BCUT2D eigenvalue weighted by Gasteiger charge is 2.36. The number of hydrogen-bond acceptors (Lipinski definition) is 5. The van der Waals surface area contributed by atoms with Gasteiger partial charge in [-0.3, -0.25) is 4.79 Å². The average molecular weight is 162 g/mol. The molecular formula is C6H10O5. The standard InChI is InChI=1S/C6H10O5/c7-1-4-6(10)5(9)3(8)2-11-4/h3-5,7-9H,1-2H2/t3-,4-,5-/m1/s1. The Morgan fingerprint density at radius 1 is 1.55 bits per heavy atom. The van der Waals surface area contributed by atoms with E-state index in [9.17, 15) is 4.79 Å². The van der Waals surface area contributed by atoms with Crippen LogP contribution in [0.4, 0.5) is 0 Å². The van der Waals surface area contributed by atoms with Crippen molar-refractivity contribution in [3.8, 4) is 0 Å². The summed E-state index contributed by atoms with van der Waals surface area (Å²) < 4.78 is 4.71. The van der Waals surface area contributed by atoms with Crippen molar-refractivity contribution in [3.63, 3.8) is 0 Å². The monoisotopic (exact) mass is 162 g/mol. The molecule has 0 bridgehead atoms. The highest BCUT2D eigenvalue weighted by atomic mass is 16.5. The number of rotatable bonds is 1. The molecule has 64 valence electrons. The van der Waals surface area contributed by atoms with E-state index in [1.165, 1.54) is 0 Å². The molecule has 5 heteroatoms. The van der Waals surface area contributed by atoms with Crippen molar-refractivity contribution < 1.29 is 24.9 Å². The maximum Gasteiger partial charge on any atom is 0.194 e. The molecule has 0 unspecified atom stereocenters. The summed E-state index contributed by atoms with van der Waals surface area (Å²) in [5, 5.41) is 26.4. The number of aliphatic hydroxyl groups excluding tert-OH is 3. The van der Waals surface area contributed by atoms with Crippen molar-refractivity contribution in [2.24, 2.45) is 0 Å². The third kappa shape index (κ3) is 1.57. The molecule has 11 heavy (non-hydrogen) atoms. The maximum atomic E-state index is 10.9. The Balaban J connectivity index is 2.59. The van der Waals surface area contributed by atoms with Crippen LogP contribution in [0, 0.1) is 0 Å². The average Bonchev–Trinajstić information content (AvgIpc) is 2.01. The Labute approximate surface area is 63.2 Å². The Morgan fingerprint density at radius 3 is 2.73 bits per heavy atom. The van der Waals surface area contributed by atoms with Crippen LogP contribution < -0.4 is 0 Å². The lowest BCUT2D eigenvalue weighted by atomic mass is 10.0. The molecule has 1 aliphatic rings. The highest BCUT2D eigenvalue weighted by molar-refractivity contribution is 5.88. The minimum Gasteiger partial charge on any atom is -0.393 e. The molecule has 0 radical (unpaired) electrons. The fourth-order valence-corrected chi connectivity index (χ4v) is 0.911. The van der Waals surface area contributed by atoms with Crippen molar-refractivity contribution in [2.75, 3.05) is 13.2 Å². The van der Waals surface area contributed by atoms with Crippen LogP contribution >= 0.6 is 0 Å². The van der Waals surface area contributed by atoms with Crippen LogP contribution in [0.25, 0.3) is 0 Å². The maximum absolute atomic E-state index is 10.9. The number of carbonyl (C=O) groups excluding carboxylic acids is 1. The van der Waals surface area contributed by atoms with Gasteiger partial charge in [0.1, 0.15) is 18.3 Å². The predicted octanol–water partition coefficient (Wildman–Crippen LogP) is -2.33. The summed E-state index contributed by atoms with van der Waals surface area (Å²) in [4.78, 5) is 10.9.